The van der Waals surface area contributed by atoms with Gasteiger partial charge in [-0.2, -0.15) is 0 Å². The Bertz CT molecular complexity index is 1620. The van der Waals surface area contributed by atoms with Crippen molar-refractivity contribution in [1.29, 1.82) is 0 Å². The van der Waals surface area contributed by atoms with Crippen LogP contribution in [0.5, 0.6) is 0 Å². The van der Waals surface area contributed by atoms with E-state index in [1.165, 1.54) is 0 Å². The fraction of sp³-hybridized carbons (Fsp3) is 0.194. The van der Waals surface area contributed by atoms with Crippen LogP contribution in [-0.2, 0) is 4.79 Å². The molecule has 3 unspecified atom stereocenters. The van der Waals surface area contributed by atoms with Crippen molar-refractivity contribution in [3.05, 3.63) is 106 Å². The number of carboxylic acid groups (broad SMARTS) is 1. The molecule has 0 aliphatic heterocycles. The summed E-state index contributed by atoms with van der Waals surface area (Å²) in [5.41, 5.74) is 6.35. The number of rotatable bonds is 7. The summed E-state index contributed by atoms with van der Waals surface area (Å²) in [6, 6.07) is 16.0. The van der Waals surface area contributed by atoms with E-state index >= 15 is 0 Å². The summed E-state index contributed by atoms with van der Waals surface area (Å²) in [6.07, 6.45) is 10.9. The van der Waals surface area contributed by atoms with Gasteiger partial charge in [-0.25, -0.2) is 13.8 Å². The number of hydrogen-bond donors (Lipinski definition) is 0. The molecule has 0 radical (unpaired) electrons. The van der Waals surface area contributed by atoms with Crippen LogP contribution in [0.1, 0.15) is 51.7 Å². The van der Waals surface area contributed by atoms with Crippen LogP contribution in [0.25, 0.3) is 35.2 Å². The number of benzene rings is 2. The van der Waals surface area contributed by atoms with E-state index < -0.39 is 17.6 Å². The van der Waals surface area contributed by atoms with Crippen LogP contribution < -0.4 is 34.7 Å². The number of nitrogens with zero attached hydrogens (tertiary/aromatic N) is 2. The molecule has 1 fully saturated rings. The Labute approximate surface area is 251 Å². The molecule has 0 amide bonds. The number of halogens is 2. The third-order valence-corrected chi connectivity index (χ3v) is 8.56. The van der Waals surface area contributed by atoms with Crippen molar-refractivity contribution >= 4 is 52.9 Å². The van der Waals surface area contributed by atoms with E-state index in [-0.39, 0.29) is 47.1 Å². The predicted octanol–water partition coefficient (Wildman–Crippen LogP) is 3.16. The summed E-state index contributed by atoms with van der Waals surface area (Å²) < 4.78 is 27.2. The number of aromatic nitrogens is 2. The SMILES string of the molecule is O=C([O-])CC1CC1CSC1c2cc(/C=C/c3ccc4cc(F)c(F)cc4n3)ccc2C=Cc2cccnc21.[Na+]. The Hall–Kier alpha value is -2.84. The fourth-order valence-corrected chi connectivity index (χ4v) is 6.55. The van der Waals surface area contributed by atoms with Gasteiger partial charge in [-0.3, -0.25) is 4.98 Å². The quantitative estimate of drug-likeness (QED) is 0.332. The van der Waals surface area contributed by atoms with E-state index in [4.69, 9.17) is 4.98 Å². The first kappa shape index (κ1) is 27.7. The normalized spacial score (nSPS) is 19.3. The third kappa shape index (κ3) is 6.17. The molecule has 8 heteroatoms. The first-order valence-corrected chi connectivity index (χ1v) is 13.5. The van der Waals surface area contributed by atoms with Crippen LogP contribution in [0.4, 0.5) is 8.78 Å². The summed E-state index contributed by atoms with van der Waals surface area (Å²) >= 11 is 1.81. The van der Waals surface area contributed by atoms with E-state index in [2.05, 4.69) is 35.3 Å². The average Bonchev–Trinajstić information content (AvgIpc) is 3.67. The van der Waals surface area contributed by atoms with E-state index in [1.54, 1.807) is 23.9 Å². The maximum absolute atomic E-state index is 13.7. The first-order valence-electron chi connectivity index (χ1n) is 12.5. The first-order chi connectivity index (χ1) is 18.4. The molecule has 0 spiro atoms. The van der Waals surface area contributed by atoms with Crippen molar-refractivity contribution in [2.75, 3.05) is 5.75 Å². The number of thioether (sulfide) groups is 1. The van der Waals surface area contributed by atoms with Gasteiger partial charge in [0.25, 0.3) is 0 Å². The fourth-order valence-electron chi connectivity index (χ4n) is 4.97. The summed E-state index contributed by atoms with van der Waals surface area (Å²) in [6.45, 7) is 0. The molecular formula is C31H23F2N2NaO2S. The molecule has 2 aliphatic carbocycles. The predicted molar refractivity (Wildman–Crippen MR) is 146 cm³/mol. The van der Waals surface area contributed by atoms with Crippen molar-refractivity contribution < 1.29 is 48.2 Å². The number of carbonyl (C=O) groups excluding carboxylic acids is 1. The van der Waals surface area contributed by atoms with E-state index in [0.29, 0.717) is 22.5 Å². The molecule has 3 atom stereocenters. The van der Waals surface area contributed by atoms with Gasteiger partial charge in [0.2, 0.25) is 0 Å². The van der Waals surface area contributed by atoms with Gasteiger partial charge in [-0.1, -0.05) is 42.5 Å². The van der Waals surface area contributed by atoms with E-state index in [9.17, 15) is 18.7 Å². The minimum atomic E-state index is -0.979. The molecular weight excluding hydrogens is 525 g/mol. The Balaban J connectivity index is 0.00000308. The summed E-state index contributed by atoms with van der Waals surface area (Å²) in [7, 11) is 0. The second kappa shape index (κ2) is 11.7. The topological polar surface area (TPSA) is 65.9 Å². The molecule has 0 bridgehead atoms. The van der Waals surface area contributed by atoms with Gasteiger partial charge in [-0.15, -0.1) is 11.8 Å². The third-order valence-electron chi connectivity index (χ3n) is 7.13. The van der Waals surface area contributed by atoms with Gasteiger partial charge < -0.3 is 9.90 Å². The number of pyridine rings is 2. The minimum absolute atomic E-state index is 0. The Kier molecular flexibility index (Phi) is 8.33. The van der Waals surface area contributed by atoms with Crippen LogP contribution >= 0.6 is 11.8 Å². The number of carboxylic acids is 1. The van der Waals surface area contributed by atoms with Crippen LogP contribution in [0.15, 0.2) is 60.8 Å². The maximum Gasteiger partial charge on any atom is 1.00 e. The summed E-state index contributed by atoms with van der Waals surface area (Å²) in [5, 5.41) is 11.5. The van der Waals surface area contributed by atoms with Crippen molar-refractivity contribution in [3.63, 3.8) is 0 Å². The van der Waals surface area contributed by atoms with Crippen molar-refractivity contribution in [2.24, 2.45) is 11.8 Å². The number of aliphatic carboxylic acids is 1. The zero-order chi connectivity index (χ0) is 26.2. The molecule has 6 rings (SSSR count). The van der Waals surface area contributed by atoms with E-state index in [0.717, 1.165) is 52.3 Å². The van der Waals surface area contributed by atoms with Gasteiger partial charge in [0, 0.05) is 23.6 Å². The zero-order valence-electron chi connectivity index (χ0n) is 21.3. The monoisotopic (exact) mass is 548 g/mol. The largest absolute Gasteiger partial charge is 1.00 e. The zero-order valence-corrected chi connectivity index (χ0v) is 24.1. The molecule has 190 valence electrons. The van der Waals surface area contributed by atoms with Crippen LogP contribution in [0.2, 0.25) is 0 Å². The van der Waals surface area contributed by atoms with Gasteiger partial charge in [-0.05, 0) is 83.0 Å². The molecule has 2 heterocycles. The Morgan fingerprint density at radius 2 is 1.82 bits per heavy atom. The molecule has 2 aromatic heterocycles. The molecule has 39 heavy (non-hydrogen) atoms. The summed E-state index contributed by atoms with van der Waals surface area (Å²) in [5.74, 6) is -1.34. The van der Waals surface area contributed by atoms with Crippen molar-refractivity contribution in [2.45, 2.75) is 18.1 Å². The van der Waals surface area contributed by atoms with Gasteiger partial charge in [0.15, 0.2) is 11.6 Å². The minimum Gasteiger partial charge on any atom is -0.550 e. The molecule has 2 aromatic carbocycles. The molecule has 4 aromatic rings. The smallest absolute Gasteiger partial charge is 0.550 e. The standard InChI is InChI=1S/C31H24F2N2O2S.Na/c32-26-14-21-8-10-24(35-28(21)16-27(26)33)9-4-18-3-5-19-6-7-20-2-1-11-34-30(20)31(25(19)12-18)38-17-23-13-22(23)15-29(36)37;/h1-12,14,16,22-23,31H,13,15,17H2,(H,36,37);/q;+1/p-1/b9-4+;. The van der Waals surface area contributed by atoms with Gasteiger partial charge in [0.05, 0.1) is 22.2 Å². The average molecular weight is 549 g/mol. The molecule has 2 aliphatic rings. The molecule has 0 N–H and O–H groups in total. The van der Waals surface area contributed by atoms with Gasteiger partial charge >= 0.3 is 29.6 Å². The van der Waals surface area contributed by atoms with Crippen LogP contribution in [0, 0.1) is 23.5 Å². The van der Waals surface area contributed by atoms with Gasteiger partial charge in [0.1, 0.15) is 0 Å². The Morgan fingerprint density at radius 1 is 1.00 bits per heavy atom. The molecule has 1 saturated carbocycles. The number of fused-ring (bicyclic) bond motifs is 3. The second-order valence-corrected chi connectivity index (χ2v) is 10.9. The van der Waals surface area contributed by atoms with Crippen molar-refractivity contribution in [1.82, 2.24) is 9.97 Å². The summed E-state index contributed by atoms with van der Waals surface area (Å²) in [4.78, 5) is 20.2. The maximum atomic E-state index is 13.7. The number of hydrogen-bond acceptors (Lipinski definition) is 5. The Morgan fingerprint density at radius 3 is 2.67 bits per heavy atom. The number of carbonyl (C=O) groups is 1. The second-order valence-electron chi connectivity index (χ2n) is 9.77. The molecule has 0 saturated heterocycles. The van der Waals surface area contributed by atoms with E-state index in [1.807, 2.05) is 30.5 Å². The van der Waals surface area contributed by atoms with Crippen LogP contribution in [0.3, 0.4) is 0 Å². The van der Waals surface area contributed by atoms with Crippen LogP contribution in [-0.4, -0.2) is 21.7 Å². The molecule has 4 nitrogen and oxygen atoms in total. The van der Waals surface area contributed by atoms with Crippen molar-refractivity contribution in [3.8, 4) is 0 Å².